The lowest BCUT2D eigenvalue weighted by Crippen LogP contribution is -2.14. The second-order valence-corrected chi connectivity index (χ2v) is 6.63. The van der Waals surface area contributed by atoms with Crippen LogP contribution in [0.25, 0.3) is 11.0 Å². The van der Waals surface area contributed by atoms with Gasteiger partial charge in [-0.25, -0.2) is 4.79 Å². The molecule has 140 valence electrons. The molecule has 1 amide bonds. The van der Waals surface area contributed by atoms with Gasteiger partial charge in [-0.15, -0.1) is 11.8 Å². The van der Waals surface area contributed by atoms with E-state index in [0.717, 1.165) is 5.56 Å². The van der Waals surface area contributed by atoms with Crippen LogP contribution < -0.4 is 15.7 Å². The zero-order valence-electron chi connectivity index (χ0n) is 14.3. The molecule has 0 aliphatic rings. The number of rotatable bonds is 7. The largest absolute Gasteiger partial charge is 0.490 e. The summed E-state index contributed by atoms with van der Waals surface area (Å²) < 4.78 is 4.97. The van der Waals surface area contributed by atoms with E-state index < -0.39 is 4.92 Å². The number of carbonyl (C=O) groups is 1. The molecule has 0 bridgehead atoms. The number of methoxy groups -OCH3 is 1. The smallest absolute Gasteiger partial charge is 0.323 e. The maximum atomic E-state index is 12.1. The molecule has 0 saturated heterocycles. The molecule has 2 aromatic carbocycles. The zero-order valence-corrected chi connectivity index (χ0v) is 15.1. The molecule has 0 fully saturated rings. The molecule has 0 aliphatic heterocycles. The van der Waals surface area contributed by atoms with E-state index in [4.69, 9.17) is 4.74 Å². The van der Waals surface area contributed by atoms with E-state index in [0.29, 0.717) is 22.5 Å². The van der Waals surface area contributed by atoms with Crippen LogP contribution in [-0.2, 0) is 10.5 Å². The van der Waals surface area contributed by atoms with Crippen LogP contribution in [0, 0.1) is 10.1 Å². The molecule has 1 heterocycles. The van der Waals surface area contributed by atoms with Gasteiger partial charge in [0.05, 0.1) is 28.8 Å². The molecule has 0 saturated carbocycles. The quantitative estimate of drug-likeness (QED) is 0.421. The highest BCUT2D eigenvalue weighted by atomic mass is 32.2. The van der Waals surface area contributed by atoms with Gasteiger partial charge in [0, 0.05) is 17.5 Å². The lowest BCUT2D eigenvalue weighted by Gasteiger charge is -2.06. The Hall–Kier alpha value is -3.27. The molecule has 1 aromatic heterocycles. The number of nitro benzene ring substituents is 1. The number of aromatic amines is 2. The Kier molecular flexibility index (Phi) is 5.46. The highest BCUT2D eigenvalue weighted by Gasteiger charge is 2.15. The summed E-state index contributed by atoms with van der Waals surface area (Å²) in [6.07, 6.45) is 0. The third-order valence-electron chi connectivity index (χ3n) is 3.74. The van der Waals surface area contributed by atoms with Crippen molar-refractivity contribution in [2.45, 2.75) is 5.75 Å². The predicted molar refractivity (Wildman–Crippen MR) is 103 cm³/mol. The van der Waals surface area contributed by atoms with Gasteiger partial charge in [0.2, 0.25) is 5.91 Å². The maximum Gasteiger partial charge on any atom is 0.323 e. The number of nitrogens with one attached hydrogen (secondary N) is 3. The fourth-order valence-corrected chi connectivity index (χ4v) is 3.31. The van der Waals surface area contributed by atoms with Crippen LogP contribution in [0.4, 0.5) is 11.4 Å². The van der Waals surface area contributed by atoms with Crippen molar-refractivity contribution in [3.05, 3.63) is 62.6 Å². The van der Waals surface area contributed by atoms with Crippen LogP contribution in [0.15, 0.2) is 41.2 Å². The number of thioether (sulfide) groups is 1. The molecule has 0 aliphatic carbocycles. The number of amides is 1. The number of fused-ring (bicyclic) bond motifs is 1. The molecular weight excluding hydrogens is 372 g/mol. The molecule has 27 heavy (non-hydrogen) atoms. The van der Waals surface area contributed by atoms with E-state index >= 15 is 0 Å². The van der Waals surface area contributed by atoms with E-state index in [1.54, 1.807) is 30.3 Å². The number of nitrogens with zero attached hydrogens (tertiary/aromatic N) is 1. The minimum Gasteiger partial charge on any atom is -0.490 e. The van der Waals surface area contributed by atoms with Crippen molar-refractivity contribution in [2.24, 2.45) is 0 Å². The van der Waals surface area contributed by atoms with Gasteiger partial charge in [0.1, 0.15) is 0 Å². The minimum atomic E-state index is -0.499. The fraction of sp³-hybridized carbons (Fsp3) is 0.176. The van der Waals surface area contributed by atoms with Gasteiger partial charge in [-0.3, -0.25) is 14.9 Å². The fourth-order valence-electron chi connectivity index (χ4n) is 2.54. The van der Waals surface area contributed by atoms with Gasteiger partial charge < -0.3 is 20.0 Å². The monoisotopic (exact) mass is 388 g/mol. The number of anilines is 1. The van der Waals surface area contributed by atoms with Crippen LogP contribution >= 0.6 is 11.8 Å². The van der Waals surface area contributed by atoms with Crippen LogP contribution in [-0.4, -0.2) is 33.7 Å². The Morgan fingerprint density at radius 3 is 2.74 bits per heavy atom. The topological polar surface area (TPSA) is 130 Å². The molecule has 0 unspecified atom stereocenters. The lowest BCUT2D eigenvalue weighted by atomic mass is 10.2. The average Bonchev–Trinajstić information content (AvgIpc) is 3.00. The number of imidazole rings is 1. The number of carbonyl (C=O) groups excluding carboxylic acids is 1. The molecule has 3 N–H and O–H groups in total. The van der Waals surface area contributed by atoms with Gasteiger partial charge in [-0.1, -0.05) is 6.07 Å². The first-order chi connectivity index (χ1) is 13.0. The van der Waals surface area contributed by atoms with Crippen molar-refractivity contribution in [2.75, 3.05) is 18.2 Å². The highest BCUT2D eigenvalue weighted by Crippen LogP contribution is 2.29. The van der Waals surface area contributed by atoms with Crippen LogP contribution in [0.5, 0.6) is 5.75 Å². The SMILES string of the molecule is COc1ccc(CSCC(=O)Nc2ccc3[nH]c(=O)[nH]c3c2)cc1[N+](=O)[O-]. The molecule has 3 aromatic rings. The summed E-state index contributed by atoms with van der Waals surface area (Å²) >= 11 is 1.34. The summed E-state index contributed by atoms with van der Waals surface area (Å²) in [5.41, 5.74) is 2.16. The third-order valence-corrected chi connectivity index (χ3v) is 4.75. The van der Waals surface area contributed by atoms with Crippen molar-refractivity contribution in [3.63, 3.8) is 0 Å². The van der Waals surface area contributed by atoms with Gasteiger partial charge >= 0.3 is 11.4 Å². The summed E-state index contributed by atoms with van der Waals surface area (Å²) in [5.74, 6) is 0.620. The van der Waals surface area contributed by atoms with E-state index in [-0.39, 0.29) is 28.8 Å². The maximum absolute atomic E-state index is 12.1. The zero-order chi connectivity index (χ0) is 19.4. The summed E-state index contributed by atoms with van der Waals surface area (Å²) in [4.78, 5) is 39.1. The van der Waals surface area contributed by atoms with E-state index in [2.05, 4.69) is 15.3 Å². The van der Waals surface area contributed by atoms with Crippen LogP contribution in [0.1, 0.15) is 5.56 Å². The standard InChI is InChI=1S/C17H16N4O5S/c1-26-15-5-2-10(6-14(15)21(24)25)8-27-9-16(22)18-11-3-4-12-13(7-11)20-17(23)19-12/h2-7H,8-9H2,1H3,(H,18,22)(H2,19,20,23). The van der Waals surface area contributed by atoms with E-state index in [1.807, 2.05) is 0 Å². The van der Waals surface area contributed by atoms with Crippen molar-refractivity contribution < 1.29 is 14.5 Å². The second kappa shape index (κ2) is 7.96. The van der Waals surface area contributed by atoms with Crippen molar-refractivity contribution in [1.29, 1.82) is 0 Å². The normalized spacial score (nSPS) is 10.7. The average molecular weight is 388 g/mol. The van der Waals surface area contributed by atoms with E-state index in [1.165, 1.54) is 24.9 Å². The Labute approximate surface area is 157 Å². The minimum absolute atomic E-state index is 0.103. The number of benzene rings is 2. The highest BCUT2D eigenvalue weighted by molar-refractivity contribution is 7.99. The molecule has 9 nitrogen and oxygen atoms in total. The first-order valence-electron chi connectivity index (χ1n) is 7.87. The molecular formula is C17H16N4O5S. The van der Waals surface area contributed by atoms with Gasteiger partial charge in [-0.2, -0.15) is 0 Å². The van der Waals surface area contributed by atoms with Gasteiger partial charge in [0.15, 0.2) is 5.75 Å². The third kappa shape index (κ3) is 4.47. The number of hydrogen-bond acceptors (Lipinski definition) is 6. The van der Waals surface area contributed by atoms with Crippen molar-refractivity contribution >= 4 is 40.1 Å². The predicted octanol–water partition coefficient (Wildman–Crippen LogP) is 2.64. The van der Waals surface area contributed by atoms with Gasteiger partial charge in [0.25, 0.3) is 0 Å². The summed E-state index contributed by atoms with van der Waals surface area (Å²) in [7, 11) is 1.38. The molecule has 0 radical (unpaired) electrons. The first-order valence-corrected chi connectivity index (χ1v) is 9.02. The van der Waals surface area contributed by atoms with Crippen LogP contribution in [0.3, 0.4) is 0 Å². The molecule has 10 heteroatoms. The van der Waals surface area contributed by atoms with Crippen LogP contribution in [0.2, 0.25) is 0 Å². The summed E-state index contributed by atoms with van der Waals surface area (Å²) in [5, 5.41) is 13.8. The molecule has 3 rings (SSSR count). The molecule has 0 spiro atoms. The van der Waals surface area contributed by atoms with Gasteiger partial charge in [-0.05, 0) is 29.8 Å². The van der Waals surface area contributed by atoms with Crippen molar-refractivity contribution in [3.8, 4) is 5.75 Å². The number of H-pyrrole nitrogens is 2. The second-order valence-electron chi connectivity index (χ2n) is 5.64. The van der Waals surface area contributed by atoms with Crippen molar-refractivity contribution in [1.82, 2.24) is 9.97 Å². The lowest BCUT2D eigenvalue weighted by molar-refractivity contribution is -0.385. The Morgan fingerprint density at radius 2 is 2.00 bits per heavy atom. The summed E-state index contributed by atoms with van der Waals surface area (Å²) in [6.45, 7) is 0. The number of hydrogen-bond donors (Lipinski definition) is 3. The number of ether oxygens (including phenoxy) is 1. The Bertz CT molecular complexity index is 1060. The van der Waals surface area contributed by atoms with E-state index in [9.17, 15) is 19.7 Å². The molecule has 0 atom stereocenters. The number of aromatic nitrogens is 2. The summed E-state index contributed by atoms with van der Waals surface area (Å²) in [6, 6.07) is 9.78. The first kappa shape index (κ1) is 18.5. The number of nitro groups is 1. The Balaban J connectivity index is 1.56. The Morgan fingerprint density at radius 1 is 1.22 bits per heavy atom.